The van der Waals surface area contributed by atoms with Gasteiger partial charge in [-0.15, -0.1) is 12.4 Å². The molecule has 0 unspecified atom stereocenters. The number of rotatable bonds is 2. The van der Waals surface area contributed by atoms with Crippen molar-refractivity contribution in [1.82, 2.24) is 5.43 Å². The van der Waals surface area contributed by atoms with Crippen LogP contribution in [0.15, 0.2) is 29.4 Å². The Hall–Kier alpha value is -1.76. The first-order valence-electron chi connectivity index (χ1n) is 4.20. The highest BCUT2D eigenvalue weighted by Gasteiger charge is 2.32. The molecule has 4 N–H and O–H groups in total. The molecular weight excluding hydrogens is 257 g/mol. The van der Waals surface area contributed by atoms with Crippen LogP contribution in [0.3, 0.4) is 0 Å². The van der Waals surface area contributed by atoms with E-state index >= 15 is 0 Å². The lowest BCUT2D eigenvalue weighted by atomic mass is 10.1. The fourth-order valence-corrected chi connectivity index (χ4v) is 1.04. The van der Waals surface area contributed by atoms with Crippen LogP contribution in [0.2, 0.25) is 0 Å². The molecule has 0 saturated heterocycles. The van der Waals surface area contributed by atoms with Crippen LogP contribution in [0.5, 0.6) is 0 Å². The monoisotopic (exact) mass is 266 g/mol. The largest absolute Gasteiger partial charge is 0.417 e. The first-order valence-corrected chi connectivity index (χ1v) is 4.20. The van der Waals surface area contributed by atoms with Gasteiger partial charge >= 0.3 is 6.18 Å². The Kier molecular flexibility index (Phi) is 5.46. The van der Waals surface area contributed by atoms with E-state index in [-0.39, 0.29) is 18.0 Å². The van der Waals surface area contributed by atoms with Crippen molar-refractivity contribution >= 4 is 24.6 Å². The molecule has 4 nitrogen and oxygen atoms in total. The standard InChI is InChI=1S/C9H9F3N4.ClH/c10-9(11,12)7-4-2-1-3-6(7)5-15-16-8(13)14;/h1-5H,(H4,13,14,16);1H. The van der Waals surface area contributed by atoms with E-state index in [1.54, 1.807) is 0 Å². The van der Waals surface area contributed by atoms with Crippen molar-refractivity contribution in [2.75, 3.05) is 0 Å². The summed E-state index contributed by atoms with van der Waals surface area (Å²) in [6.07, 6.45) is -3.47. The van der Waals surface area contributed by atoms with Gasteiger partial charge in [-0.2, -0.15) is 18.3 Å². The van der Waals surface area contributed by atoms with E-state index in [0.717, 1.165) is 12.3 Å². The zero-order valence-electron chi connectivity index (χ0n) is 8.45. The van der Waals surface area contributed by atoms with E-state index < -0.39 is 17.7 Å². The van der Waals surface area contributed by atoms with Crippen LogP contribution in [0.1, 0.15) is 11.1 Å². The molecule has 0 saturated carbocycles. The van der Waals surface area contributed by atoms with Gasteiger partial charge in [-0.3, -0.25) is 5.41 Å². The van der Waals surface area contributed by atoms with Crippen molar-refractivity contribution in [3.05, 3.63) is 35.4 Å². The van der Waals surface area contributed by atoms with Gasteiger partial charge in [0.15, 0.2) is 0 Å². The average molecular weight is 267 g/mol. The number of halogens is 4. The number of nitrogens with two attached hydrogens (primary N) is 1. The number of benzene rings is 1. The van der Waals surface area contributed by atoms with Gasteiger partial charge < -0.3 is 5.73 Å². The third-order valence-corrected chi connectivity index (χ3v) is 1.65. The molecule has 0 radical (unpaired) electrons. The summed E-state index contributed by atoms with van der Waals surface area (Å²) in [5.41, 5.74) is 6.07. The fraction of sp³-hybridized carbons (Fsp3) is 0.111. The minimum atomic E-state index is -4.43. The molecule has 0 atom stereocenters. The summed E-state index contributed by atoms with van der Waals surface area (Å²) in [4.78, 5) is 0. The van der Waals surface area contributed by atoms with E-state index in [4.69, 9.17) is 11.1 Å². The van der Waals surface area contributed by atoms with Gasteiger partial charge in [0.1, 0.15) is 0 Å². The van der Waals surface area contributed by atoms with Crippen LogP contribution in [-0.4, -0.2) is 12.2 Å². The highest BCUT2D eigenvalue weighted by Crippen LogP contribution is 2.30. The van der Waals surface area contributed by atoms with Gasteiger partial charge in [0.2, 0.25) is 5.96 Å². The van der Waals surface area contributed by atoms with Gasteiger partial charge in [0.05, 0.1) is 11.8 Å². The second kappa shape index (κ2) is 6.09. The minimum Gasteiger partial charge on any atom is -0.369 e. The van der Waals surface area contributed by atoms with Gasteiger partial charge in [-0.25, -0.2) is 5.43 Å². The Morgan fingerprint density at radius 1 is 1.35 bits per heavy atom. The number of hydrogen-bond acceptors (Lipinski definition) is 2. The normalized spacial score (nSPS) is 11.0. The molecule has 0 aliphatic rings. The van der Waals surface area contributed by atoms with E-state index in [1.165, 1.54) is 18.2 Å². The zero-order valence-corrected chi connectivity index (χ0v) is 9.27. The molecule has 0 spiro atoms. The highest BCUT2D eigenvalue weighted by molar-refractivity contribution is 5.85. The second-order valence-corrected chi connectivity index (χ2v) is 2.87. The van der Waals surface area contributed by atoms with Crippen molar-refractivity contribution in [2.45, 2.75) is 6.18 Å². The van der Waals surface area contributed by atoms with Gasteiger partial charge in [0.25, 0.3) is 0 Å². The maximum atomic E-state index is 12.5. The topological polar surface area (TPSA) is 74.3 Å². The number of alkyl halides is 3. The number of hydrazone groups is 1. The molecule has 17 heavy (non-hydrogen) atoms. The maximum absolute atomic E-state index is 12.5. The lowest BCUT2D eigenvalue weighted by Gasteiger charge is -2.08. The SMILES string of the molecule is Cl.N=C(N)NN=Cc1ccccc1C(F)(F)F. The van der Waals surface area contributed by atoms with Crippen LogP contribution in [0.4, 0.5) is 13.2 Å². The van der Waals surface area contributed by atoms with Gasteiger partial charge in [0, 0.05) is 5.56 Å². The van der Waals surface area contributed by atoms with Gasteiger partial charge in [-0.1, -0.05) is 18.2 Å². The molecule has 94 valence electrons. The minimum absolute atomic E-state index is 0. The van der Waals surface area contributed by atoms with Crippen LogP contribution < -0.4 is 11.2 Å². The molecule has 0 fully saturated rings. The average Bonchev–Trinajstić information content (AvgIpc) is 2.16. The van der Waals surface area contributed by atoms with Crippen molar-refractivity contribution in [3.63, 3.8) is 0 Å². The van der Waals surface area contributed by atoms with Gasteiger partial charge in [-0.05, 0) is 6.07 Å². The number of nitrogens with zero attached hydrogens (tertiary/aromatic N) is 1. The van der Waals surface area contributed by atoms with Crippen LogP contribution in [0.25, 0.3) is 0 Å². The summed E-state index contributed by atoms with van der Waals surface area (Å²) in [6.45, 7) is 0. The quantitative estimate of drug-likeness (QED) is 0.435. The Balaban J connectivity index is 0.00000256. The van der Waals surface area contributed by atoms with Crippen LogP contribution in [-0.2, 0) is 6.18 Å². The lowest BCUT2D eigenvalue weighted by molar-refractivity contribution is -0.137. The summed E-state index contributed by atoms with van der Waals surface area (Å²) in [5.74, 6) is -0.444. The summed E-state index contributed by atoms with van der Waals surface area (Å²) in [7, 11) is 0. The zero-order chi connectivity index (χ0) is 12.2. The predicted molar refractivity (Wildman–Crippen MR) is 61.3 cm³/mol. The number of guanidine groups is 1. The fourth-order valence-electron chi connectivity index (χ4n) is 1.04. The van der Waals surface area contributed by atoms with Crippen LogP contribution >= 0.6 is 12.4 Å². The first-order chi connectivity index (χ1) is 7.41. The number of hydrogen-bond donors (Lipinski definition) is 3. The van der Waals surface area contributed by atoms with Crippen molar-refractivity contribution < 1.29 is 13.2 Å². The Bertz CT molecular complexity index is 417. The molecule has 1 aromatic rings. The van der Waals surface area contributed by atoms with Crippen molar-refractivity contribution in [2.24, 2.45) is 10.8 Å². The molecule has 0 aliphatic heterocycles. The van der Waals surface area contributed by atoms with Crippen molar-refractivity contribution in [1.29, 1.82) is 5.41 Å². The molecule has 0 aromatic heterocycles. The second-order valence-electron chi connectivity index (χ2n) is 2.87. The van der Waals surface area contributed by atoms with E-state index in [0.29, 0.717) is 0 Å². The first kappa shape index (κ1) is 15.2. The maximum Gasteiger partial charge on any atom is 0.417 e. The molecule has 1 aromatic carbocycles. The molecule has 1 rings (SSSR count). The van der Waals surface area contributed by atoms with Crippen LogP contribution in [0, 0.1) is 5.41 Å². The highest BCUT2D eigenvalue weighted by atomic mass is 35.5. The Morgan fingerprint density at radius 3 is 2.47 bits per heavy atom. The lowest BCUT2D eigenvalue weighted by Crippen LogP contribution is -2.25. The third-order valence-electron chi connectivity index (χ3n) is 1.65. The number of nitrogens with one attached hydrogen (secondary N) is 2. The molecule has 0 bridgehead atoms. The molecule has 0 heterocycles. The van der Waals surface area contributed by atoms with E-state index in [9.17, 15) is 13.2 Å². The summed E-state index contributed by atoms with van der Waals surface area (Å²) >= 11 is 0. The predicted octanol–water partition coefficient (Wildman–Crippen LogP) is 1.94. The summed E-state index contributed by atoms with van der Waals surface area (Å²) in [6, 6.07) is 4.98. The Labute approximate surface area is 102 Å². The third kappa shape index (κ3) is 4.73. The smallest absolute Gasteiger partial charge is 0.369 e. The Morgan fingerprint density at radius 2 is 1.94 bits per heavy atom. The molecule has 0 amide bonds. The van der Waals surface area contributed by atoms with E-state index in [1.807, 2.05) is 5.43 Å². The van der Waals surface area contributed by atoms with Crippen molar-refractivity contribution in [3.8, 4) is 0 Å². The summed E-state index contributed by atoms with van der Waals surface area (Å²) < 4.78 is 37.5. The summed E-state index contributed by atoms with van der Waals surface area (Å²) in [5, 5.41) is 10.2. The molecule has 8 heteroatoms. The molecular formula is C9H10ClF3N4. The molecule has 0 aliphatic carbocycles. The van der Waals surface area contributed by atoms with E-state index in [2.05, 4.69) is 5.10 Å².